The van der Waals surface area contributed by atoms with E-state index >= 15 is 0 Å². The maximum Gasteiger partial charge on any atom is 0.216 e. The Hall–Kier alpha value is -1.73. The molecule has 0 radical (unpaired) electrons. The molecule has 19 heavy (non-hydrogen) atoms. The van der Waals surface area contributed by atoms with Crippen LogP contribution in [-0.4, -0.2) is 28.8 Å². The second-order valence-electron chi connectivity index (χ2n) is 4.18. The average Bonchev–Trinajstić information content (AvgIpc) is 2.32. The standard InChI is InChI=1S/C12H16F2N2O3/c1-6(17)16-3-2-11(18)12(19)7-4-10(15)9(14)5-8(7)13/h4-5,11-12,18-19H,2-3,15H2,1H3,(H,16,17). The van der Waals surface area contributed by atoms with Gasteiger partial charge in [0.25, 0.3) is 0 Å². The number of carbonyl (C=O) groups is 1. The van der Waals surface area contributed by atoms with Gasteiger partial charge < -0.3 is 21.3 Å². The Morgan fingerprint density at radius 1 is 1.37 bits per heavy atom. The zero-order chi connectivity index (χ0) is 14.6. The lowest BCUT2D eigenvalue weighted by Crippen LogP contribution is -2.28. The fourth-order valence-corrected chi connectivity index (χ4v) is 1.57. The first kappa shape index (κ1) is 15.3. The van der Waals surface area contributed by atoms with Crippen molar-refractivity contribution in [2.45, 2.75) is 25.6 Å². The van der Waals surface area contributed by atoms with Gasteiger partial charge in [-0.15, -0.1) is 0 Å². The van der Waals surface area contributed by atoms with Crippen molar-refractivity contribution in [3.8, 4) is 0 Å². The summed E-state index contributed by atoms with van der Waals surface area (Å²) in [7, 11) is 0. The highest BCUT2D eigenvalue weighted by atomic mass is 19.1. The molecule has 0 bridgehead atoms. The second kappa shape index (κ2) is 6.44. The Balaban J connectivity index is 2.73. The molecule has 0 aliphatic rings. The molecule has 1 aromatic rings. The fourth-order valence-electron chi connectivity index (χ4n) is 1.57. The van der Waals surface area contributed by atoms with E-state index in [1.54, 1.807) is 0 Å². The van der Waals surface area contributed by atoms with Gasteiger partial charge in [-0.05, 0) is 12.5 Å². The number of nitrogens with one attached hydrogen (secondary N) is 1. The molecule has 0 saturated heterocycles. The molecular formula is C12H16F2N2O3. The molecule has 2 atom stereocenters. The Morgan fingerprint density at radius 3 is 2.58 bits per heavy atom. The highest BCUT2D eigenvalue weighted by Crippen LogP contribution is 2.25. The number of carbonyl (C=O) groups excluding carboxylic acids is 1. The van der Waals surface area contributed by atoms with Gasteiger partial charge in [0.2, 0.25) is 5.91 Å². The first-order valence-electron chi connectivity index (χ1n) is 5.68. The summed E-state index contributed by atoms with van der Waals surface area (Å²) in [6.07, 6.45) is -2.82. The normalized spacial score (nSPS) is 13.9. The van der Waals surface area contributed by atoms with Crippen LogP contribution < -0.4 is 11.1 Å². The van der Waals surface area contributed by atoms with Gasteiger partial charge in [-0.3, -0.25) is 4.79 Å². The molecule has 5 N–H and O–H groups in total. The Bertz CT molecular complexity index is 469. The highest BCUT2D eigenvalue weighted by molar-refractivity contribution is 5.72. The Morgan fingerprint density at radius 2 is 2.00 bits per heavy atom. The molecule has 0 heterocycles. The third-order valence-electron chi connectivity index (χ3n) is 2.61. The molecule has 5 nitrogen and oxygen atoms in total. The smallest absolute Gasteiger partial charge is 0.216 e. The number of anilines is 1. The van der Waals surface area contributed by atoms with Crippen LogP contribution in [0.4, 0.5) is 14.5 Å². The number of aliphatic hydroxyl groups excluding tert-OH is 2. The lowest BCUT2D eigenvalue weighted by molar-refractivity contribution is -0.119. The quantitative estimate of drug-likeness (QED) is 0.587. The van der Waals surface area contributed by atoms with Crippen LogP contribution in [0.5, 0.6) is 0 Å². The van der Waals surface area contributed by atoms with Gasteiger partial charge in [0.05, 0.1) is 11.8 Å². The average molecular weight is 274 g/mol. The minimum absolute atomic E-state index is 0.0253. The largest absolute Gasteiger partial charge is 0.396 e. The molecule has 0 spiro atoms. The summed E-state index contributed by atoms with van der Waals surface area (Å²) in [5, 5.41) is 21.9. The molecule has 1 rings (SSSR count). The van der Waals surface area contributed by atoms with E-state index in [2.05, 4.69) is 5.32 Å². The number of halogens is 2. The zero-order valence-electron chi connectivity index (χ0n) is 10.4. The van der Waals surface area contributed by atoms with Crippen LogP contribution in [0.3, 0.4) is 0 Å². The lowest BCUT2D eigenvalue weighted by Gasteiger charge is -2.19. The monoisotopic (exact) mass is 274 g/mol. The van der Waals surface area contributed by atoms with Crippen LogP contribution in [0.1, 0.15) is 25.0 Å². The predicted molar refractivity (Wildman–Crippen MR) is 65.0 cm³/mol. The number of nitrogens with two attached hydrogens (primary N) is 1. The predicted octanol–water partition coefficient (Wildman–Crippen LogP) is 0.467. The minimum atomic E-state index is -1.54. The molecule has 0 fully saturated rings. The number of hydrogen-bond acceptors (Lipinski definition) is 4. The van der Waals surface area contributed by atoms with Crippen molar-refractivity contribution in [1.29, 1.82) is 0 Å². The van der Waals surface area contributed by atoms with Gasteiger partial charge in [0.15, 0.2) is 0 Å². The highest BCUT2D eigenvalue weighted by Gasteiger charge is 2.22. The van der Waals surface area contributed by atoms with Crippen LogP contribution in [0.15, 0.2) is 12.1 Å². The molecule has 1 aromatic carbocycles. The van der Waals surface area contributed by atoms with Gasteiger partial charge in [-0.25, -0.2) is 8.78 Å². The molecular weight excluding hydrogens is 258 g/mol. The first-order valence-corrected chi connectivity index (χ1v) is 5.68. The van der Waals surface area contributed by atoms with Crippen molar-refractivity contribution in [2.24, 2.45) is 0 Å². The fraction of sp³-hybridized carbons (Fsp3) is 0.417. The minimum Gasteiger partial charge on any atom is -0.396 e. The van der Waals surface area contributed by atoms with Gasteiger partial charge in [-0.1, -0.05) is 0 Å². The Kier molecular flexibility index (Phi) is 5.20. The summed E-state index contributed by atoms with van der Waals surface area (Å²) in [6, 6.07) is 1.49. The maximum absolute atomic E-state index is 13.5. The van der Waals surface area contributed by atoms with Gasteiger partial charge in [-0.2, -0.15) is 0 Å². The number of benzene rings is 1. The summed E-state index contributed by atoms with van der Waals surface area (Å²) >= 11 is 0. The number of aliphatic hydroxyl groups is 2. The maximum atomic E-state index is 13.5. The van der Waals surface area contributed by atoms with E-state index in [9.17, 15) is 23.8 Å². The van der Waals surface area contributed by atoms with Crippen molar-refractivity contribution < 1.29 is 23.8 Å². The molecule has 0 aliphatic carbocycles. The molecule has 106 valence electrons. The van der Waals surface area contributed by atoms with E-state index in [-0.39, 0.29) is 30.1 Å². The summed E-state index contributed by atoms with van der Waals surface area (Å²) in [5.41, 5.74) is 4.68. The van der Waals surface area contributed by atoms with E-state index in [1.165, 1.54) is 6.92 Å². The number of nitrogen functional groups attached to an aromatic ring is 1. The van der Waals surface area contributed by atoms with Gasteiger partial charge >= 0.3 is 0 Å². The van der Waals surface area contributed by atoms with E-state index in [0.717, 1.165) is 6.07 Å². The molecule has 1 amide bonds. The lowest BCUT2D eigenvalue weighted by atomic mass is 10.0. The number of amides is 1. The van der Waals surface area contributed by atoms with E-state index in [1.807, 2.05) is 0 Å². The zero-order valence-corrected chi connectivity index (χ0v) is 10.4. The molecule has 0 aliphatic heterocycles. The summed E-state index contributed by atoms with van der Waals surface area (Å²) in [6.45, 7) is 1.44. The van der Waals surface area contributed by atoms with Crippen LogP contribution in [0.2, 0.25) is 0 Å². The molecule has 0 aromatic heterocycles. The topological polar surface area (TPSA) is 95.6 Å². The van der Waals surface area contributed by atoms with E-state index in [4.69, 9.17) is 5.73 Å². The van der Waals surface area contributed by atoms with Crippen molar-refractivity contribution >= 4 is 11.6 Å². The van der Waals surface area contributed by atoms with E-state index in [0.29, 0.717) is 6.07 Å². The van der Waals surface area contributed by atoms with Crippen molar-refractivity contribution in [3.05, 3.63) is 29.3 Å². The molecule has 0 saturated carbocycles. The summed E-state index contributed by atoms with van der Waals surface area (Å²) < 4.78 is 26.4. The van der Waals surface area contributed by atoms with Crippen LogP contribution in [-0.2, 0) is 4.79 Å². The Labute approximate surface area is 109 Å². The first-order chi connectivity index (χ1) is 8.82. The number of hydrogen-bond donors (Lipinski definition) is 4. The summed E-state index contributed by atoms with van der Waals surface area (Å²) in [5.74, 6) is -2.20. The summed E-state index contributed by atoms with van der Waals surface area (Å²) in [4.78, 5) is 10.6. The SMILES string of the molecule is CC(=O)NCCC(O)C(O)c1cc(N)c(F)cc1F. The van der Waals surface area contributed by atoms with Crippen molar-refractivity contribution in [1.82, 2.24) is 5.32 Å². The second-order valence-corrected chi connectivity index (χ2v) is 4.18. The van der Waals surface area contributed by atoms with Crippen molar-refractivity contribution in [2.75, 3.05) is 12.3 Å². The van der Waals surface area contributed by atoms with Gasteiger partial charge in [0.1, 0.15) is 17.7 Å². The third kappa shape index (κ3) is 4.15. The van der Waals surface area contributed by atoms with Crippen LogP contribution >= 0.6 is 0 Å². The van der Waals surface area contributed by atoms with E-state index < -0.39 is 23.8 Å². The molecule has 2 unspecified atom stereocenters. The molecule has 7 heteroatoms. The van der Waals surface area contributed by atoms with Crippen LogP contribution in [0, 0.1) is 11.6 Å². The van der Waals surface area contributed by atoms with Crippen molar-refractivity contribution in [3.63, 3.8) is 0 Å². The van der Waals surface area contributed by atoms with Crippen LogP contribution in [0.25, 0.3) is 0 Å². The third-order valence-corrected chi connectivity index (χ3v) is 2.61. The van der Waals surface area contributed by atoms with Gasteiger partial charge in [0, 0.05) is 25.1 Å². The number of rotatable bonds is 5.